The second kappa shape index (κ2) is 8.77. The van der Waals surface area contributed by atoms with Crippen LogP contribution in [0.15, 0.2) is 24.3 Å². The molecule has 1 unspecified atom stereocenters. The molecule has 4 nitrogen and oxygen atoms in total. The van der Waals surface area contributed by atoms with Gasteiger partial charge in [0.15, 0.2) is 0 Å². The first-order valence-electron chi connectivity index (χ1n) is 7.60. The lowest BCUT2D eigenvalue weighted by Gasteiger charge is -2.36. The van der Waals surface area contributed by atoms with Crippen LogP contribution in [-0.4, -0.2) is 59.9 Å². The molecule has 6 heteroatoms. The van der Waals surface area contributed by atoms with Crippen LogP contribution < -0.4 is 5.73 Å². The first-order chi connectivity index (χ1) is 10.6. The third kappa shape index (κ3) is 5.16. The molecule has 22 heavy (non-hydrogen) atoms. The van der Waals surface area contributed by atoms with Gasteiger partial charge in [0.05, 0.1) is 6.04 Å². The molecule has 0 bridgehead atoms. The average Bonchev–Trinajstić information content (AvgIpc) is 2.55. The first kappa shape index (κ1) is 17.6. The lowest BCUT2D eigenvalue weighted by atomic mass is 10.1. The van der Waals surface area contributed by atoms with Crippen LogP contribution >= 0.6 is 23.4 Å². The lowest BCUT2D eigenvalue weighted by Crippen LogP contribution is -2.53. The number of amides is 1. The van der Waals surface area contributed by atoms with Crippen LogP contribution in [0.2, 0.25) is 5.02 Å². The lowest BCUT2D eigenvalue weighted by molar-refractivity contribution is -0.134. The molecule has 122 valence electrons. The third-order valence-electron chi connectivity index (χ3n) is 3.95. The summed E-state index contributed by atoms with van der Waals surface area (Å²) in [5, 5.41) is 0.762. The van der Waals surface area contributed by atoms with Crippen LogP contribution in [0.3, 0.4) is 0 Å². The van der Waals surface area contributed by atoms with Crippen molar-refractivity contribution in [2.24, 2.45) is 5.73 Å². The van der Waals surface area contributed by atoms with Crippen molar-refractivity contribution < 1.29 is 4.79 Å². The number of benzene rings is 1. The molecule has 1 aromatic carbocycles. The number of nitrogens with two attached hydrogens (primary N) is 1. The monoisotopic (exact) mass is 341 g/mol. The standard InChI is InChI=1S/C16H24ClN3OS/c1-22-11-6-15(18)16(21)20-9-7-19(8-10-20)12-13-2-4-14(17)5-3-13/h2-5,15H,6-12,18H2,1H3. The summed E-state index contributed by atoms with van der Waals surface area (Å²) >= 11 is 7.63. The van der Waals surface area contributed by atoms with Gasteiger partial charge in [-0.25, -0.2) is 0 Å². The Hall–Kier alpha value is -0.750. The van der Waals surface area contributed by atoms with Gasteiger partial charge in [0, 0.05) is 37.7 Å². The van der Waals surface area contributed by atoms with E-state index < -0.39 is 0 Å². The molecule has 0 aromatic heterocycles. The Bertz CT molecular complexity index is 475. The van der Waals surface area contributed by atoms with Crippen molar-refractivity contribution in [1.82, 2.24) is 9.80 Å². The Morgan fingerprint density at radius 3 is 2.50 bits per heavy atom. The molecule has 1 aliphatic rings. The van der Waals surface area contributed by atoms with Gasteiger partial charge in [-0.15, -0.1) is 0 Å². The maximum atomic E-state index is 12.3. The maximum absolute atomic E-state index is 12.3. The molecule has 0 saturated carbocycles. The van der Waals surface area contributed by atoms with Gasteiger partial charge in [-0.2, -0.15) is 11.8 Å². The van der Waals surface area contributed by atoms with Crippen molar-refractivity contribution in [1.29, 1.82) is 0 Å². The van der Waals surface area contributed by atoms with Gasteiger partial charge in [-0.05, 0) is 36.1 Å². The number of nitrogens with zero attached hydrogens (tertiary/aromatic N) is 2. The molecule has 1 saturated heterocycles. The van der Waals surface area contributed by atoms with Gasteiger partial charge < -0.3 is 10.6 Å². The number of hydrogen-bond acceptors (Lipinski definition) is 4. The second-order valence-corrected chi connectivity index (χ2v) is 7.04. The van der Waals surface area contributed by atoms with Crippen molar-refractivity contribution in [3.8, 4) is 0 Å². The Labute approximate surface area is 142 Å². The van der Waals surface area contributed by atoms with Gasteiger partial charge in [0.2, 0.25) is 5.91 Å². The highest BCUT2D eigenvalue weighted by Crippen LogP contribution is 2.13. The van der Waals surface area contributed by atoms with Crippen LogP contribution in [0.5, 0.6) is 0 Å². The van der Waals surface area contributed by atoms with E-state index >= 15 is 0 Å². The van der Waals surface area contributed by atoms with E-state index in [9.17, 15) is 4.79 Å². The molecule has 1 atom stereocenters. The maximum Gasteiger partial charge on any atom is 0.239 e. The Morgan fingerprint density at radius 1 is 1.27 bits per heavy atom. The summed E-state index contributed by atoms with van der Waals surface area (Å²) in [7, 11) is 0. The summed E-state index contributed by atoms with van der Waals surface area (Å²) < 4.78 is 0. The summed E-state index contributed by atoms with van der Waals surface area (Å²) in [6, 6.07) is 7.59. The summed E-state index contributed by atoms with van der Waals surface area (Å²) in [6.45, 7) is 4.21. The molecule has 0 spiro atoms. The Balaban J connectivity index is 1.77. The van der Waals surface area contributed by atoms with Gasteiger partial charge in [0.1, 0.15) is 0 Å². The average molecular weight is 342 g/mol. The second-order valence-electron chi connectivity index (χ2n) is 5.62. The highest BCUT2D eigenvalue weighted by atomic mass is 35.5. The number of carbonyl (C=O) groups excluding carboxylic acids is 1. The SMILES string of the molecule is CSCCC(N)C(=O)N1CCN(Cc2ccc(Cl)cc2)CC1. The van der Waals surface area contributed by atoms with Crippen molar-refractivity contribution in [3.05, 3.63) is 34.9 Å². The predicted molar refractivity (Wildman–Crippen MR) is 94.3 cm³/mol. The third-order valence-corrected chi connectivity index (χ3v) is 4.85. The number of piperazine rings is 1. The van der Waals surface area contributed by atoms with E-state index in [-0.39, 0.29) is 11.9 Å². The minimum atomic E-state index is -0.352. The molecular formula is C16H24ClN3OS. The summed E-state index contributed by atoms with van der Waals surface area (Å²) in [6.07, 6.45) is 2.79. The highest BCUT2D eigenvalue weighted by Gasteiger charge is 2.24. The predicted octanol–water partition coefficient (Wildman–Crippen LogP) is 2.06. The zero-order valence-corrected chi connectivity index (χ0v) is 14.6. The van der Waals surface area contributed by atoms with Crippen LogP contribution in [0.4, 0.5) is 0 Å². The van der Waals surface area contributed by atoms with E-state index in [1.54, 1.807) is 11.8 Å². The molecule has 1 fully saturated rings. The largest absolute Gasteiger partial charge is 0.339 e. The van der Waals surface area contributed by atoms with Crippen LogP contribution in [0.25, 0.3) is 0 Å². The van der Waals surface area contributed by atoms with Crippen LogP contribution in [-0.2, 0) is 11.3 Å². The molecular weight excluding hydrogens is 318 g/mol. The number of halogens is 1. The van der Waals surface area contributed by atoms with E-state index in [0.29, 0.717) is 0 Å². The van der Waals surface area contributed by atoms with Gasteiger partial charge in [-0.3, -0.25) is 9.69 Å². The van der Waals surface area contributed by atoms with Gasteiger partial charge >= 0.3 is 0 Å². The number of thioether (sulfide) groups is 1. The summed E-state index contributed by atoms with van der Waals surface area (Å²) in [5.74, 6) is 1.03. The minimum absolute atomic E-state index is 0.0974. The van der Waals surface area contributed by atoms with Gasteiger partial charge in [-0.1, -0.05) is 23.7 Å². The first-order valence-corrected chi connectivity index (χ1v) is 9.37. The number of hydrogen-bond donors (Lipinski definition) is 1. The normalized spacial score (nSPS) is 17.5. The van der Waals surface area contributed by atoms with Crippen LogP contribution in [0, 0.1) is 0 Å². The quantitative estimate of drug-likeness (QED) is 0.860. The summed E-state index contributed by atoms with van der Waals surface area (Å²) in [5.41, 5.74) is 7.23. The highest BCUT2D eigenvalue weighted by molar-refractivity contribution is 7.98. The topological polar surface area (TPSA) is 49.6 Å². The van der Waals surface area contributed by atoms with Crippen molar-refractivity contribution in [2.45, 2.75) is 19.0 Å². The molecule has 0 aliphatic carbocycles. The molecule has 1 aromatic rings. The Morgan fingerprint density at radius 2 is 1.91 bits per heavy atom. The molecule has 1 aliphatic heterocycles. The molecule has 1 heterocycles. The molecule has 1 amide bonds. The van der Waals surface area contributed by atoms with E-state index in [1.807, 2.05) is 23.3 Å². The van der Waals surface area contributed by atoms with E-state index in [2.05, 4.69) is 17.0 Å². The summed E-state index contributed by atoms with van der Waals surface area (Å²) in [4.78, 5) is 16.5. The number of carbonyl (C=O) groups is 1. The fourth-order valence-electron chi connectivity index (χ4n) is 2.58. The zero-order valence-electron chi connectivity index (χ0n) is 13.0. The van der Waals surface area contributed by atoms with E-state index in [1.165, 1.54) is 5.56 Å². The number of rotatable bonds is 6. The van der Waals surface area contributed by atoms with Crippen LogP contribution in [0.1, 0.15) is 12.0 Å². The van der Waals surface area contributed by atoms with Crippen molar-refractivity contribution in [2.75, 3.05) is 38.2 Å². The molecule has 2 rings (SSSR count). The fraction of sp³-hybridized carbons (Fsp3) is 0.562. The van der Waals surface area contributed by atoms with E-state index in [0.717, 1.165) is 49.9 Å². The molecule has 2 N–H and O–H groups in total. The van der Waals surface area contributed by atoms with Crippen molar-refractivity contribution in [3.63, 3.8) is 0 Å². The van der Waals surface area contributed by atoms with Gasteiger partial charge in [0.25, 0.3) is 0 Å². The zero-order chi connectivity index (χ0) is 15.9. The van der Waals surface area contributed by atoms with E-state index in [4.69, 9.17) is 17.3 Å². The minimum Gasteiger partial charge on any atom is -0.339 e. The molecule has 0 radical (unpaired) electrons. The van der Waals surface area contributed by atoms with Crippen molar-refractivity contribution >= 4 is 29.3 Å². The Kier molecular flexibility index (Phi) is 7.02. The smallest absolute Gasteiger partial charge is 0.239 e. The fourth-order valence-corrected chi connectivity index (χ4v) is 3.19.